The summed E-state index contributed by atoms with van der Waals surface area (Å²) in [5, 5.41) is 12.2. The number of ether oxygens (including phenoxy) is 2. The average Bonchev–Trinajstić information content (AvgIpc) is 2.71. The fraction of sp³-hybridized carbons (Fsp3) is 0.190. The van der Waals surface area contributed by atoms with Gasteiger partial charge in [0.25, 0.3) is 11.8 Å². The maximum atomic E-state index is 12.5. The van der Waals surface area contributed by atoms with E-state index in [4.69, 9.17) is 15.2 Å². The lowest BCUT2D eigenvalue weighted by atomic mass is 10.1. The summed E-state index contributed by atoms with van der Waals surface area (Å²) in [5.41, 5.74) is 6.53. The van der Waals surface area contributed by atoms with Crippen molar-refractivity contribution in [2.45, 2.75) is 13.0 Å². The number of nitrogens with two attached hydrogens (primary N) is 1. The first-order valence-electron chi connectivity index (χ1n) is 8.51. The molecule has 0 heterocycles. The summed E-state index contributed by atoms with van der Waals surface area (Å²) in [6.07, 6.45) is 1.45. The molecule has 0 fully saturated rings. The van der Waals surface area contributed by atoms with Gasteiger partial charge in [-0.05, 0) is 36.3 Å². The molecule has 2 rings (SSSR count). The number of primary amides is 1. The Bertz CT molecular complexity index is 917. The van der Waals surface area contributed by atoms with Gasteiger partial charge in [-0.15, -0.1) is 0 Å². The number of nitriles is 1. The summed E-state index contributed by atoms with van der Waals surface area (Å²) < 4.78 is 10.5. The molecular weight excluding hydrogens is 358 g/mol. The molecule has 7 heteroatoms. The molecule has 2 aromatic rings. The molecule has 0 aromatic heterocycles. The Labute approximate surface area is 163 Å². The minimum atomic E-state index is -0.609. The lowest BCUT2D eigenvalue weighted by molar-refractivity contribution is -0.120. The summed E-state index contributed by atoms with van der Waals surface area (Å²) in [5.74, 6) is -0.404. The Morgan fingerprint density at radius 2 is 1.93 bits per heavy atom. The smallest absolute Gasteiger partial charge is 0.262 e. The molecule has 0 saturated carbocycles. The van der Waals surface area contributed by atoms with Crippen LogP contribution in [0.4, 0.5) is 0 Å². The van der Waals surface area contributed by atoms with Crippen LogP contribution in [-0.2, 0) is 9.59 Å². The van der Waals surface area contributed by atoms with Gasteiger partial charge in [0.15, 0.2) is 18.1 Å². The molecule has 2 amide bonds. The van der Waals surface area contributed by atoms with Crippen molar-refractivity contribution in [1.82, 2.24) is 5.32 Å². The molecule has 0 bridgehead atoms. The van der Waals surface area contributed by atoms with E-state index in [9.17, 15) is 14.9 Å². The molecule has 0 aliphatic carbocycles. The Hall–Kier alpha value is -3.79. The van der Waals surface area contributed by atoms with E-state index in [0.29, 0.717) is 17.1 Å². The molecule has 1 atom stereocenters. The average molecular weight is 379 g/mol. The summed E-state index contributed by atoms with van der Waals surface area (Å²) in [6, 6.07) is 15.9. The highest BCUT2D eigenvalue weighted by Gasteiger charge is 2.14. The molecule has 7 nitrogen and oxygen atoms in total. The van der Waals surface area contributed by atoms with Gasteiger partial charge in [0.05, 0.1) is 13.2 Å². The van der Waals surface area contributed by atoms with E-state index in [1.54, 1.807) is 18.2 Å². The summed E-state index contributed by atoms with van der Waals surface area (Å²) in [6.45, 7) is 1.56. The predicted octanol–water partition coefficient (Wildman–Crippen LogP) is 2.34. The standard InChI is InChI=1S/C21H21N3O4/c1-14(16-6-4-3-5-7-16)24-21(26)17(12-22)10-15-8-9-18(19(11-15)27-2)28-13-20(23)25/h3-11,14H,13H2,1-2H3,(H2,23,25)(H,24,26)/b17-10+/t14-/m0/s1. The monoisotopic (exact) mass is 379 g/mol. The van der Waals surface area contributed by atoms with Gasteiger partial charge in [-0.3, -0.25) is 9.59 Å². The Kier molecular flexibility index (Phi) is 7.17. The first-order valence-corrected chi connectivity index (χ1v) is 8.51. The quantitative estimate of drug-likeness (QED) is 0.540. The van der Waals surface area contributed by atoms with Crippen LogP contribution < -0.4 is 20.5 Å². The van der Waals surface area contributed by atoms with Gasteiger partial charge < -0.3 is 20.5 Å². The maximum absolute atomic E-state index is 12.5. The minimum absolute atomic E-state index is 0.0457. The number of methoxy groups -OCH3 is 1. The zero-order valence-corrected chi connectivity index (χ0v) is 15.6. The molecule has 0 unspecified atom stereocenters. The number of carbonyl (C=O) groups is 2. The van der Waals surface area contributed by atoms with Crippen molar-refractivity contribution >= 4 is 17.9 Å². The molecule has 28 heavy (non-hydrogen) atoms. The topological polar surface area (TPSA) is 114 Å². The maximum Gasteiger partial charge on any atom is 0.262 e. The molecule has 0 spiro atoms. The van der Waals surface area contributed by atoms with Gasteiger partial charge >= 0.3 is 0 Å². The van der Waals surface area contributed by atoms with Crippen LogP contribution >= 0.6 is 0 Å². The third kappa shape index (κ3) is 5.61. The van der Waals surface area contributed by atoms with E-state index in [-0.39, 0.29) is 18.2 Å². The highest BCUT2D eigenvalue weighted by molar-refractivity contribution is 6.01. The van der Waals surface area contributed by atoms with E-state index >= 15 is 0 Å². The molecule has 144 valence electrons. The number of rotatable bonds is 8. The molecule has 3 N–H and O–H groups in total. The second-order valence-electron chi connectivity index (χ2n) is 5.94. The summed E-state index contributed by atoms with van der Waals surface area (Å²) in [7, 11) is 1.44. The van der Waals surface area contributed by atoms with E-state index in [0.717, 1.165) is 5.56 Å². The largest absolute Gasteiger partial charge is 0.493 e. The lowest BCUT2D eigenvalue weighted by Gasteiger charge is -2.14. The summed E-state index contributed by atoms with van der Waals surface area (Å²) >= 11 is 0. The van der Waals surface area contributed by atoms with Crippen LogP contribution in [-0.4, -0.2) is 25.5 Å². The Balaban J connectivity index is 2.17. The van der Waals surface area contributed by atoms with E-state index in [2.05, 4.69) is 5.32 Å². The first-order chi connectivity index (χ1) is 13.4. The van der Waals surface area contributed by atoms with Gasteiger partial charge in [-0.1, -0.05) is 36.4 Å². The van der Waals surface area contributed by atoms with E-state index < -0.39 is 11.8 Å². The number of amides is 2. The fourth-order valence-electron chi connectivity index (χ4n) is 2.46. The molecule has 0 radical (unpaired) electrons. The van der Waals surface area contributed by atoms with Gasteiger partial charge in [-0.2, -0.15) is 5.26 Å². The molecule has 0 aliphatic heterocycles. The summed E-state index contributed by atoms with van der Waals surface area (Å²) in [4.78, 5) is 23.3. The molecular formula is C21H21N3O4. The second-order valence-corrected chi connectivity index (χ2v) is 5.94. The van der Waals surface area contributed by atoms with Crippen LogP contribution in [0.3, 0.4) is 0 Å². The highest BCUT2D eigenvalue weighted by Crippen LogP contribution is 2.29. The van der Waals surface area contributed by atoms with Crippen molar-refractivity contribution in [1.29, 1.82) is 5.26 Å². The van der Waals surface area contributed by atoms with Crippen molar-refractivity contribution in [2.24, 2.45) is 5.73 Å². The van der Waals surface area contributed by atoms with Gasteiger partial charge in [-0.25, -0.2) is 0 Å². The van der Waals surface area contributed by atoms with Gasteiger partial charge in [0, 0.05) is 0 Å². The van der Waals surface area contributed by atoms with Crippen LogP contribution in [0, 0.1) is 11.3 Å². The number of benzene rings is 2. The zero-order chi connectivity index (χ0) is 20.5. The zero-order valence-electron chi connectivity index (χ0n) is 15.6. The van der Waals surface area contributed by atoms with Crippen LogP contribution in [0.15, 0.2) is 54.1 Å². The molecule has 2 aromatic carbocycles. The SMILES string of the molecule is COc1cc(/C=C(\C#N)C(=O)N[C@@H](C)c2ccccc2)ccc1OCC(N)=O. The van der Waals surface area contributed by atoms with Crippen molar-refractivity contribution in [2.75, 3.05) is 13.7 Å². The third-order valence-corrected chi connectivity index (χ3v) is 3.88. The van der Waals surface area contributed by atoms with Crippen LogP contribution in [0.25, 0.3) is 6.08 Å². The van der Waals surface area contributed by atoms with E-state index in [1.165, 1.54) is 13.2 Å². The fourth-order valence-corrected chi connectivity index (χ4v) is 2.46. The number of hydrogen-bond donors (Lipinski definition) is 2. The Morgan fingerprint density at radius 3 is 2.54 bits per heavy atom. The van der Waals surface area contributed by atoms with Crippen molar-refractivity contribution in [3.05, 3.63) is 65.2 Å². The van der Waals surface area contributed by atoms with Gasteiger partial charge in [0.2, 0.25) is 0 Å². The van der Waals surface area contributed by atoms with Crippen LogP contribution in [0.5, 0.6) is 11.5 Å². The van der Waals surface area contributed by atoms with Crippen molar-refractivity contribution < 1.29 is 19.1 Å². The predicted molar refractivity (Wildman–Crippen MR) is 104 cm³/mol. The molecule has 0 aliphatic rings. The highest BCUT2D eigenvalue weighted by atomic mass is 16.5. The van der Waals surface area contributed by atoms with Crippen LogP contribution in [0.1, 0.15) is 24.1 Å². The van der Waals surface area contributed by atoms with Gasteiger partial charge in [0.1, 0.15) is 11.6 Å². The number of hydrogen-bond acceptors (Lipinski definition) is 5. The first kappa shape index (κ1) is 20.5. The van der Waals surface area contributed by atoms with Crippen molar-refractivity contribution in [3.63, 3.8) is 0 Å². The van der Waals surface area contributed by atoms with E-state index in [1.807, 2.05) is 43.3 Å². The van der Waals surface area contributed by atoms with Crippen LogP contribution in [0.2, 0.25) is 0 Å². The number of nitrogens with one attached hydrogen (secondary N) is 1. The third-order valence-electron chi connectivity index (χ3n) is 3.88. The van der Waals surface area contributed by atoms with Crippen molar-refractivity contribution in [3.8, 4) is 17.6 Å². The second kappa shape index (κ2) is 9.78. The normalized spacial score (nSPS) is 11.8. The number of nitrogens with zero attached hydrogens (tertiary/aromatic N) is 1. The lowest BCUT2D eigenvalue weighted by Crippen LogP contribution is -2.27. The minimum Gasteiger partial charge on any atom is -0.493 e. The Morgan fingerprint density at radius 1 is 1.21 bits per heavy atom. The number of carbonyl (C=O) groups excluding carboxylic acids is 2. The molecule has 0 saturated heterocycles.